The summed E-state index contributed by atoms with van der Waals surface area (Å²) in [4.78, 5) is 0.267. The molecule has 28 heavy (non-hydrogen) atoms. The maximum Gasteiger partial charge on any atom is 0.243 e. The lowest BCUT2D eigenvalue weighted by atomic mass is 10.1. The second-order valence-electron chi connectivity index (χ2n) is 6.44. The Labute approximate surface area is 172 Å². The van der Waals surface area contributed by atoms with E-state index in [1.807, 2.05) is 20.8 Å². The Hall–Kier alpha value is -2.03. The average Bonchev–Trinajstić information content (AvgIpc) is 2.65. The van der Waals surface area contributed by atoms with Gasteiger partial charge in [0.15, 0.2) is 5.11 Å². The number of halogens is 1. The van der Waals surface area contributed by atoms with E-state index in [4.69, 9.17) is 12.2 Å². The fourth-order valence-electron chi connectivity index (χ4n) is 2.76. The van der Waals surface area contributed by atoms with E-state index in [-0.39, 0.29) is 16.8 Å². The van der Waals surface area contributed by atoms with E-state index < -0.39 is 10.0 Å². The molecule has 152 valence electrons. The van der Waals surface area contributed by atoms with Crippen LogP contribution in [0.1, 0.15) is 37.9 Å². The highest BCUT2D eigenvalue weighted by atomic mass is 32.2. The van der Waals surface area contributed by atoms with Crippen molar-refractivity contribution in [3.8, 4) is 0 Å². The summed E-state index contributed by atoms with van der Waals surface area (Å²) in [5.74, 6) is -0.300. The molecule has 0 aliphatic rings. The highest BCUT2D eigenvalue weighted by Crippen LogP contribution is 2.20. The molecule has 0 heterocycles. The first-order valence-electron chi connectivity index (χ1n) is 9.12. The number of rotatable bonds is 7. The molecule has 0 saturated heterocycles. The minimum Gasteiger partial charge on any atom is -0.356 e. The second kappa shape index (κ2) is 9.45. The summed E-state index contributed by atoms with van der Waals surface area (Å²) in [7, 11) is -3.48. The van der Waals surface area contributed by atoms with Crippen molar-refractivity contribution in [2.75, 3.05) is 18.4 Å². The highest BCUT2D eigenvalue weighted by molar-refractivity contribution is 7.89. The van der Waals surface area contributed by atoms with Crippen molar-refractivity contribution in [1.82, 2.24) is 9.62 Å². The normalized spacial score (nSPS) is 12.6. The molecule has 0 amide bonds. The van der Waals surface area contributed by atoms with Gasteiger partial charge in [-0.15, -0.1) is 0 Å². The SMILES string of the molecule is CCN(CC)S(=O)(=O)c1ccc([C@H](C)NC(=S)Nc2ccc(C)c(F)c2)cc1. The van der Waals surface area contributed by atoms with E-state index in [0.29, 0.717) is 29.5 Å². The van der Waals surface area contributed by atoms with Gasteiger partial charge in [0.2, 0.25) is 10.0 Å². The molecule has 0 fully saturated rings. The Morgan fingerprint density at radius 1 is 1.14 bits per heavy atom. The van der Waals surface area contributed by atoms with Crippen molar-refractivity contribution < 1.29 is 12.8 Å². The third-order valence-electron chi connectivity index (χ3n) is 4.50. The lowest BCUT2D eigenvalue weighted by molar-refractivity contribution is 0.445. The first-order chi connectivity index (χ1) is 13.2. The van der Waals surface area contributed by atoms with Crippen LogP contribution in [-0.4, -0.2) is 30.9 Å². The van der Waals surface area contributed by atoms with Crippen LogP contribution in [0.25, 0.3) is 0 Å². The number of nitrogens with one attached hydrogen (secondary N) is 2. The third kappa shape index (κ3) is 5.27. The standard InChI is InChI=1S/C20H26FN3O2S2/c1-5-24(6-2)28(25,26)18-11-8-16(9-12-18)15(4)22-20(27)23-17-10-7-14(3)19(21)13-17/h7-13,15H,5-6H2,1-4H3,(H2,22,23,27)/t15-/m0/s1. The van der Waals surface area contributed by atoms with Crippen LogP contribution in [-0.2, 0) is 10.0 Å². The third-order valence-corrected chi connectivity index (χ3v) is 6.78. The predicted molar refractivity (Wildman–Crippen MR) is 115 cm³/mol. The molecule has 0 aliphatic carbocycles. The fraction of sp³-hybridized carbons (Fsp3) is 0.350. The van der Waals surface area contributed by atoms with E-state index in [0.717, 1.165) is 5.56 Å². The van der Waals surface area contributed by atoms with Gasteiger partial charge in [0.1, 0.15) is 5.82 Å². The molecule has 0 saturated carbocycles. The smallest absolute Gasteiger partial charge is 0.243 e. The molecule has 2 N–H and O–H groups in total. The van der Waals surface area contributed by atoms with Crippen LogP contribution in [0.15, 0.2) is 47.4 Å². The molecular weight excluding hydrogens is 397 g/mol. The highest BCUT2D eigenvalue weighted by Gasteiger charge is 2.21. The van der Waals surface area contributed by atoms with Crippen LogP contribution >= 0.6 is 12.2 Å². The molecule has 8 heteroatoms. The zero-order chi connectivity index (χ0) is 20.9. The topological polar surface area (TPSA) is 61.4 Å². The minimum absolute atomic E-state index is 0.152. The fourth-order valence-corrected chi connectivity index (χ4v) is 4.51. The summed E-state index contributed by atoms with van der Waals surface area (Å²) in [5.41, 5.74) is 2.02. The van der Waals surface area contributed by atoms with Gasteiger partial charge in [-0.25, -0.2) is 12.8 Å². The molecule has 0 bridgehead atoms. The average molecular weight is 424 g/mol. The van der Waals surface area contributed by atoms with Crippen molar-refractivity contribution in [2.24, 2.45) is 0 Å². The lowest BCUT2D eigenvalue weighted by Crippen LogP contribution is -2.31. The first kappa shape index (κ1) is 22.3. The van der Waals surface area contributed by atoms with Gasteiger partial charge in [-0.2, -0.15) is 4.31 Å². The first-order valence-corrected chi connectivity index (χ1v) is 11.0. The van der Waals surface area contributed by atoms with Crippen LogP contribution < -0.4 is 10.6 Å². The largest absolute Gasteiger partial charge is 0.356 e. The van der Waals surface area contributed by atoms with Crippen LogP contribution in [0, 0.1) is 12.7 Å². The van der Waals surface area contributed by atoms with Crippen LogP contribution in [0.2, 0.25) is 0 Å². The van der Waals surface area contributed by atoms with E-state index >= 15 is 0 Å². The minimum atomic E-state index is -3.48. The van der Waals surface area contributed by atoms with E-state index in [1.165, 1.54) is 10.4 Å². The number of hydrogen-bond donors (Lipinski definition) is 2. The van der Waals surface area contributed by atoms with E-state index in [2.05, 4.69) is 10.6 Å². The molecule has 0 unspecified atom stereocenters. The number of benzene rings is 2. The zero-order valence-electron chi connectivity index (χ0n) is 16.5. The molecular formula is C20H26FN3O2S2. The maximum atomic E-state index is 13.6. The van der Waals surface area contributed by atoms with Gasteiger partial charge in [0.25, 0.3) is 0 Å². The van der Waals surface area contributed by atoms with E-state index in [9.17, 15) is 12.8 Å². The monoisotopic (exact) mass is 423 g/mol. The summed E-state index contributed by atoms with van der Waals surface area (Å²) < 4.78 is 40.2. The van der Waals surface area contributed by atoms with Crippen molar-refractivity contribution in [3.05, 3.63) is 59.4 Å². The van der Waals surface area contributed by atoms with Crippen molar-refractivity contribution in [3.63, 3.8) is 0 Å². The number of thiocarbonyl (C=S) groups is 1. The Kier molecular flexibility index (Phi) is 7.51. The van der Waals surface area contributed by atoms with Crippen molar-refractivity contribution in [2.45, 2.75) is 38.6 Å². The molecule has 0 aliphatic heterocycles. The molecule has 0 aromatic heterocycles. The van der Waals surface area contributed by atoms with Crippen LogP contribution in [0.5, 0.6) is 0 Å². The second-order valence-corrected chi connectivity index (χ2v) is 8.79. The Morgan fingerprint density at radius 2 is 1.75 bits per heavy atom. The molecule has 0 spiro atoms. The summed E-state index contributed by atoms with van der Waals surface area (Å²) >= 11 is 5.29. The van der Waals surface area contributed by atoms with Gasteiger partial charge in [-0.3, -0.25) is 0 Å². The number of nitrogens with zero attached hydrogens (tertiary/aromatic N) is 1. The van der Waals surface area contributed by atoms with Gasteiger partial charge >= 0.3 is 0 Å². The Morgan fingerprint density at radius 3 is 2.29 bits per heavy atom. The van der Waals surface area contributed by atoms with Gasteiger partial charge < -0.3 is 10.6 Å². The number of sulfonamides is 1. The molecule has 5 nitrogen and oxygen atoms in total. The van der Waals surface area contributed by atoms with E-state index in [1.54, 1.807) is 43.3 Å². The quantitative estimate of drug-likeness (QED) is 0.653. The predicted octanol–water partition coefficient (Wildman–Crippen LogP) is 4.21. The molecule has 2 aromatic carbocycles. The van der Waals surface area contributed by atoms with Gasteiger partial charge in [-0.05, 0) is 61.5 Å². The summed E-state index contributed by atoms with van der Waals surface area (Å²) in [6.45, 7) is 8.10. The summed E-state index contributed by atoms with van der Waals surface area (Å²) in [6, 6.07) is 11.4. The molecule has 1 atom stereocenters. The molecule has 0 radical (unpaired) electrons. The number of aryl methyl sites for hydroxylation is 1. The number of anilines is 1. The maximum absolute atomic E-state index is 13.6. The van der Waals surface area contributed by atoms with Crippen LogP contribution in [0.4, 0.5) is 10.1 Å². The van der Waals surface area contributed by atoms with Gasteiger partial charge in [0, 0.05) is 18.8 Å². The van der Waals surface area contributed by atoms with Gasteiger partial charge in [0.05, 0.1) is 10.9 Å². The Bertz CT molecular complexity index is 927. The van der Waals surface area contributed by atoms with Crippen LogP contribution in [0.3, 0.4) is 0 Å². The Balaban J connectivity index is 2.05. The van der Waals surface area contributed by atoms with Crippen molar-refractivity contribution >= 4 is 33.0 Å². The summed E-state index contributed by atoms with van der Waals surface area (Å²) in [5, 5.41) is 6.43. The number of hydrogen-bond acceptors (Lipinski definition) is 3. The molecule has 2 rings (SSSR count). The summed E-state index contributed by atoms with van der Waals surface area (Å²) in [6.07, 6.45) is 0. The lowest BCUT2D eigenvalue weighted by Gasteiger charge is -2.20. The van der Waals surface area contributed by atoms with Gasteiger partial charge in [-0.1, -0.05) is 32.0 Å². The van der Waals surface area contributed by atoms with Crippen molar-refractivity contribution in [1.29, 1.82) is 0 Å². The zero-order valence-corrected chi connectivity index (χ0v) is 18.1. The molecule has 2 aromatic rings.